The summed E-state index contributed by atoms with van der Waals surface area (Å²) in [6, 6.07) is 1.74. The topological polar surface area (TPSA) is 50.2 Å². The van der Waals surface area contributed by atoms with Gasteiger partial charge in [0.25, 0.3) is 0 Å². The summed E-state index contributed by atoms with van der Waals surface area (Å²) >= 11 is 1.72. The Morgan fingerprint density at radius 1 is 1.50 bits per heavy atom. The van der Waals surface area contributed by atoms with Gasteiger partial charge < -0.3 is 5.11 Å². The van der Waals surface area contributed by atoms with Crippen molar-refractivity contribution in [3.8, 4) is 0 Å². The minimum Gasteiger partial charge on any atom is -0.478 e. The molecule has 0 aromatic carbocycles. The number of nitrogens with zero attached hydrogens (tertiary/aromatic N) is 1. The van der Waals surface area contributed by atoms with E-state index in [1.807, 2.05) is 0 Å². The van der Waals surface area contributed by atoms with Crippen molar-refractivity contribution in [1.29, 1.82) is 0 Å². The van der Waals surface area contributed by atoms with Gasteiger partial charge in [0, 0.05) is 11.1 Å². The highest BCUT2D eigenvalue weighted by Crippen LogP contribution is 2.28. The van der Waals surface area contributed by atoms with E-state index in [-0.39, 0.29) is 5.56 Å². The van der Waals surface area contributed by atoms with Gasteiger partial charge in [-0.2, -0.15) is 0 Å². The molecule has 0 aliphatic carbocycles. The van der Waals surface area contributed by atoms with Gasteiger partial charge in [0.05, 0.1) is 11.3 Å². The molecule has 0 amide bonds. The van der Waals surface area contributed by atoms with Crippen LogP contribution in [0, 0.1) is 0 Å². The molecule has 0 radical (unpaired) electrons. The molecule has 1 aliphatic rings. The maximum Gasteiger partial charge on any atom is 0.337 e. The van der Waals surface area contributed by atoms with Crippen LogP contribution in [0.25, 0.3) is 0 Å². The highest BCUT2D eigenvalue weighted by Gasteiger charge is 2.12. The first kappa shape index (κ1) is 9.52. The first-order valence-corrected chi connectivity index (χ1v) is 5.61. The van der Waals surface area contributed by atoms with E-state index < -0.39 is 5.97 Å². The van der Waals surface area contributed by atoms with Gasteiger partial charge in [-0.05, 0) is 31.1 Å². The largest absolute Gasteiger partial charge is 0.478 e. The lowest BCUT2D eigenvalue weighted by Gasteiger charge is -2.04. The summed E-state index contributed by atoms with van der Waals surface area (Å²) in [7, 11) is 0. The number of aromatic nitrogens is 1. The summed E-state index contributed by atoms with van der Waals surface area (Å²) in [5.41, 5.74) is 1.34. The zero-order valence-electron chi connectivity index (χ0n) is 7.69. The molecular formula is C10H11NO2S. The van der Waals surface area contributed by atoms with E-state index in [2.05, 4.69) is 4.98 Å². The van der Waals surface area contributed by atoms with Crippen molar-refractivity contribution in [2.75, 3.05) is 5.75 Å². The minimum absolute atomic E-state index is 0.290. The third kappa shape index (κ3) is 1.90. The average molecular weight is 209 g/mol. The van der Waals surface area contributed by atoms with Crippen molar-refractivity contribution in [2.24, 2.45) is 0 Å². The highest BCUT2D eigenvalue weighted by atomic mass is 32.2. The number of aryl methyl sites for hydroxylation is 1. The van der Waals surface area contributed by atoms with Gasteiger partial charge in [0.15, 0.2) is 0 Å². The summed E-state index contributed by atoms with van der Waals surface area (Å²) in [6.07, 6.45) is 4.76. The second-order valence-electron chi connectivity index (χ2n) is 3.28. The van der Waals surface area contributed by atoms with E-state index >= 15 is 0 Å². The van der Waals surface area contributed by atoms with Gasteiger partial charge in [-0.1, -0.05) is 0 Å². The number of hydrogen-bond donors (Lipinski definition) is 1. The molecule has 1 aliphatic heterocycles. The van der Waals surface area contributed by atoms with E-state index in [4.69, 9.17) is 5.11 Å². The molecule has 1 aromatic rings. The zero-order chi connectivity index (χ0) is 9.97. The van der Waals surface area contributed by atoms with Crippen molar-refractivity contribution in [2.45, 2.75) is 24.2 Å². The number of carbonyl (C=O) groups is 1. The lowest BCUT2D eigenvalue weighted by molar-refractivity contribution is 0.0696. The SMILES string of the molecule is O=C(O)c1cnc2c(c1)SCCCC2. The second kappa shape index (κ2) is 4.00. The number of thioether (sulfide) groups is 1. The molecule has 0 spiro atoms. The molecule has 0 fully saturated rings. The van der Waals surface area contributed by atoms with Gasteiger partial charge in [-0.15, -0.1) is 11.8 Å². The van der Waals surface area contributed by atoms with Gasteiger partial charge in [0.1, 0.15) is 0 Å². The molecule has 74 valence electrons. The van der Waals surface area contributed by atoms with E-state index in [0.29, 0.717) is 0 Å². The van der Waals surface area contributed by atoms with Crippen LogP contribution < -0.4 is 0 Å². The van der Waals surface area contributed by atoms with Gasteiger partial charge in [0.2, 0.25) is 0 Å². The van der Waals surface area contributed by atoms with Crippen LogP contribution in [-0.4, -0.2) is 21.8 Å². The fourth-order valence-electron chi connectivity index (χ4n) is 1.48. The Balaban J connectivity index is 2.37. The van der Waals surface area contributed by atoms with Crippen LogP contribution in [-0.2, 0) is 6.42 Å². The third-order valence-corrected chi connectivity index (χ3v) is 3.40. The van der Waals surface area contributed by atoms with Crippen LogP contribution in [0.2, 0.25) is 0 Å². The quantitative estimate of drug-likeness (QED) is 0.770. The van der Waals surface area contributed by atoms with Crippen LogP contribution in [0.5, 0.6) is 0 Å². The van der Waals surface area contributed by atoms with Crippen molar-refractivity contribution in [1.82, 2.24) is 4.98 Å². The van der Waals surface area contributed by atoms with Gasteiger partial charge in [-0.25, -0.2) is 4.79 Å². The van der Waals surface area contributed by atoms with Crippen LogP contribution in [0.4, 0.5) is 0 Å². The first-order chi connectivity index (χ1) is 6.77. The molecular weight excluding hydrogens is 198 g/mol. The number of pyridine rings is 1. The Morgan fingerprint density at radius 2 is 2.36 bits per heavy atom. The van der Waals surface area contributed by atoms with Crippen LogP contribution in [0.3, 0.4) is 0 Å². The molecule has 0 bridgehead atoms. The third-order valence-electron chi connectivity index (χ3n) is 2.24. The lowest BCUT2D eigenvalue weighted by Crippen LogP contribution is -2.00. The minimum atomic E-state index is -0.898. The highest BCUT2D eigenvalue weighted by molar-refractivity contribution is 7.99. The van der Waals surface area contributed by atoms with Crippen LogP contribution in [0.1, 0.15) is 28.9 Å². The Morgan fingerprint density at radius 3 is 3.14 bits per heavy atom. The summed E-state index contributed by atoms with van der Waals surface area (Å²) in [4.78, 5) is 16.0. The molecule has 4 heteroatoms. The van der Waals surface area contributed by atoms with Crippen molar-refractivity contribution < 1.29 is 9.90 Å². The molecule has 0 saturated heterocycles. The van der Waals surface area contributed by atoms with Gasteiger partial charge in [-0.3, -0.25) is 4.98 Å². The molecule has 1 aromatic heterocycles. The number of aromatic carboxylic acids is 1. The molecule has 14 heavy (non-hydrogen) atoms. The Hall–Kier alpha value is -1.03. The van der Waals surface area contributed by atoms with Crippen molar-refractivity contribution in [3.63, 3.8) is 0 Å². The molecule has 2 heterocycles. The van der Waals surface area contributed by atoms with E-state index in [1.165, 1.54) is 12.6 Å². The maximum atomic E-state index is 10.7. The van der Waals surface area contributed by atoms with E-state index in [0.717, 1.165) is 29.2 Å². The number of carboxylic acids is 1. The predicted molar refractivity (Wildman–Crippen MR) is 54.9 cm³/mol. The summed E-state index contributed by atoms with van der Waals surface area (Å²) in [5.74, 6) is 0.169. The fraction of sp³-hybridized carbons (Fsp3) is 0.400. The van der Waals surface area contributed by atoms with Crippen molar-refractivity contribution >= 4 is 17.7 Å². The Bertz CT molecular complexity index is 365. The number of fused-ring (bicyclic) bond motifs is 1. The molecule has 0 saturated carbocycles. The second-order valence-corrected chi connectivity index (χ2v) is 4.42. The summed E-state index contributed by atoms with van der Waals surface area (Å²) < 4.78 is 0. The molecule has 0 atom stereocenters. The van der Waals surface area contributed by atoms with Crippen LogP contribution >= 0.6 is 11.8 Å². The first-order valence-electron chi connectivity index (χ1n) is 4.62. The number of carboxylic acid groups (broad SMARTS) is 1. The average Bonchev–Trinajstić information content (AvgIpc) is 2.41. The monoisotopic (exact) mass is 209 g/mol. The smallest absolute Gasteiger partial charge is 0.337 e. The molecule has 0 unspecified atom stereocenters. The fourth-order valence-corrected chi connectivity index (χ4v) is 2.58. The Kier molecular flexibility index (Phi) is 2.72. The van der Waals surface area contributed by atoms with Crippen LogP contribution in [0.15, 0.2) is 17.2 Å². The number of rotatable bonds is 1. The molecule has 1 N–H and O–H groups in total. The van der Waals surface area contributed by atoms with E-state index in [9.17, 15) is 4.79 Å². The van der Waals surface area contributed by atoms with E-state index in [1.54, 1.807) is 17.8 Å². The predicted octanol–water partition coefficient (Wildman–Crippen LogP) is 2.21. The van der Waals surface area contributed by atoms with Crippen molar-refractivity contribution in [3.05, 3.63) is 23.5 Å². The zero-order valence-corrected chi connectivity index (χ0v) is 8.51. The summed E-state index contributed by atoms with van der Waals surface area (Å²) in [5, 5.41) is 8.81. The Labute approximate surface area is 86.5 Å². The summed E-state index contributed by atoms with van der Waals surface area (Å²) in [6.45, 7) is 0. The maximum absolute atomic E-state index is 10.7. The molecule has 3 nitrogen and oxygen atoms in total. The normalized spacial score (nSPS) is 15.7. The molecule has 2 rings (SSSR count). The number of hydrogen-bond acceptors (Lipinski definition) is 3. The standard InChI is InChI=1S/C10H11NO2S/c12-10(13)7-5-9-8(11-6-7)3-1-2-4-14-9/h5-6H,1-4H2,(H,12,13). The lowest BCUT2D eigenvalue weighted by atomic mass is 10.1. The van der Waals surface area contributed by atoms with Gasteiger partial charge >= 0.3 is 5.97 Å².